The van der Waals surface area contributed by atoms with E-state index in [-0.39, 0.29) is 0 Å². The minimum atomic E-state index is 0.516. The predicted octanol–water partition coefficient (Wildman–Crippen LogP) is 3.14. The van der Waals surface area contributed by atoms with Gasteiger partial charge in [0.05, 0.1) is 12.8 Å². The van der Waals surface area contributed by atoms with Crippen LogP contribution in [0.4, 0.5) is 5.69 Å². The summed E-state index contributed by atoms with van der Waals surface area (Å²) in [6, 6.07) is 7.45. The maximum atomic E-state index is 5.45. The predicted molar refractivity (Wildman–Crippen MR) is 81.0 cm³/mol. The Morgan fingerprint density at radius 2 is 2.05 bits per heavy atom. The Hall–Kier alpha value is -1.22. The third-order valence-electron chi connectivity index (χ3n) is 4.31. The maximum absolute atomic E-state index is 5.45. The summed E-state index contributed by atoms with van der Waals surface area (Å²) in [6.45, 7) is 7.88. The van der Waals surface area contributed by atoms with Crippen LogP contribution in [0.15, 0.2) is 18.2 Å². The van der Waals surface area contributed by atoms with Crippen LogP contribution in [0.1, 0.15) is 25.8 Å². The van der Waals surface area contributed by atoms with Crippen molar-refractivity contribution in [1.29, 1.82) is 0 Å². The fourth-order valence-electron chi connectivity index (χ4n) is 2.88. The van der Waals surface area contributed by atoms with Crippen LogP contribution in [-0.4, -0.2) is 37.7 Å². The molecule has 19 heavy (non-hydrogen) atoms. The zero-order valence-corrected chi connectivity index (χ0v) is 12.7. The molecule has 1 heterocycles. The zero-order chi connectivity index (χ0) is 14.0. The number of aryl methyl sites for hydroxylation is 1. The first-order valence-electron chi connectivity index (χ1n) is 7.12. The monoisotopic (exact) mass is 262 g/mol. The van der Waals surface area contributed by atoms with Crippen molar-refractivity contribution in [2.45, 2.75) is 39.3 Å². The molecule has 1 fully saturated rings. The first kappa shape index (κ1) is 14.2. The Labute approximate surface area is 116 Å². The van der Waals surface area contributed by atoms with Gasteiger partial charge in [-0.3, -0.25) is 0 Å². The average Bonchev–Trinajstić information content (AvgIpc) is 2.36. The first-order valence-corrected chi connectivity index (χ1v) is 7.12. The lowest BCUT2D eigenvalue weighted by molar-refractivity contribution is 0.145. The molecule has 1 aliphatic rings. The van der Waals surface area contributed by atoms with Crippen molar-refractivity contribution in [1.82, 2.24) is 4.90 Å². The molecule has 3 nitrogen and oxygen atoms in total. The fraction of sp³-hybridized carbons (Fsp3) is 0.625. The molecule has 106 valence electrons. The lowest BCUT2D eigenvalue weighted by Gasteiger charge is -2.40. The number of hydrogen-bond donors (Lipinski definition) is 1. The Morgan fingerprint density at radius 3 is 2.74 bits per heavy atom. The number of piperidine rings is 1. The van der Waals surface area contributed by atoms with Gasteiger partial charge in [-0.1, -0.05) is 13.0 Å². The van der Waals surface area contributed by atoms with Gasteiger partial charge in [-0.25, -0.2) is 0 Å². The smallest absolute Gasteiger partial charge is 0.141 e. The third kappa shape index (κ3) is 3.21. The summed E-state index contributed by atoms with van der Waals surface area (Å²) < 4.78 is 5.45. The second kappa shape index (κ2) is 5.83. The highest BCUT2D eigenvalue weighted by Gasteiger charge is 2.29. The minimum absolute atomic E-state index is 0.516. The van der Waals surface area contributed by atoms with Gasteiger partial charge >= 0.3 is 0 Å². The molecule has 0 bridgehead atoms. The highest BCUT2D eigenvalue weighted by Crippen LogP contribution is 2.30. The number of methoxy groups -OCH3 is 1. The van der Waals surface area contributed by atoms with Crippen molar-refractivity contribution in [3.05, 3.63) is 23.8 Å². The molecule has 2 rings (SSSR count). The lowest BCUT2D eigenvalue weighted by Crippen LogP contribution is -2.48. The summed E-state index contributed by atoms with van der Waals surface area (Å²) in [5.74, 6) is 1.58. The molecule has 1 saturated heterocycles. The van der Waals surface area contributed by atoms with E-state index in [1.165, 1.54) is 12.0 Å². The SMILES string of the molecule is COc1ccc(C)cc1NC1CC(C)N(C)CC1C. The largest absolute Gasteiger partial charge is 0.495 e. The van der Waals surface area contributed by atoms with E-state index in [1.807, 2.05) is 6.07 Å². The number of anilines is 1. The van der Waals surface area contributed by atoms with E-state index in [0.29, 0.717) is 18.0 Å². The van der Waals surface area contributed by atoms with Gasteiger partial charge in [-0.15, -0.1) is 0 Å². The third-order valence-corrected chi connectivity index (χ3v) is 4.31. The summed E-state index contributed by atoms with van der Waals surface area (Å²) >= 11 is 0. The molecule has 0 radical (unpaired) electrons. The normalized spacial score (nSPS) is 28.2. The summed E-state index contributed by atoms with van der Waals surface area (Å²) in [7, 11) is 3.95. The molecule has 3 unspecified atom stereocenters. The van der Waals surface area contributed by atoms with Crippen LogP contribution in [0.25, 0.3) is 0 Å². The number of rotatable bonds is 3. The van der Waals surface area contributed by atoms with E-state index < -0.39 is 0 Å². The summed E-state index contributed by atoms with van der Waals surface area (Å²) in [6.07, 6.45) is 1.18. The van der Waals surface area contributed by atoms with Crippen molar-refractivity contribution in [3.63, 3.8) is 0 Å². The molecule has 3 heteroatoms. The van der Waals surface area contributed by atoms with Crippen LogP contribution >= 0.6 is 0 Å². The topological polar surface area (TPSA) is 24.5 Å². The second-order valence-corrected chi connectivity index (χ2v) is 5.96. The van der Waals surface area contributed by atoms with Crippen LogP contribution in [0.5, 0.6) is 5.75 Å². The van der Waals surface area contributed by atoms with Gasteiger partial charge in [0.15, 0.2) is 0 Å². The first-order chi connectivity index (χ1) is 9.01. The summed E-state index contributed by atoms with van der Waals surface area (Å²) in [5, 5.41) is 3.69. The van der Waals surface area contributed by atoms with Crippen LogP contribution in [0.2, 0.25) is 0 Å². The molecule has 0 aromatic heterocycles. The second-order valence-electron chi connectivity index (χ2n) is 5.96. The lowest BCUT2D eigenvalue weighted by atomic mass is 9.89. The van der Waals surface area contributed by atoms with Crippen molar-refractivity contribution >= 4 is 5.69 Å². The van der Waals surface area contributed by atoms with E-state index in [4.69, 9.17) is 4.74 Å². The Balaban J connectivity index is 2.14. The molecule has 0 aliphatic carbocycles. The van der Waals surface area contributed by atoms with Crippen molar-refractivity contribution in [2.75, 3.05) is 26.0 Å². The van der Waals surface area contributed by atoms with Crippen molar-refractivity contribution < 1.29 is 4.74 Å². The molecular weight excluding hydrogens is 236 g/mol. The number of ether oxygens (including phenoxy) is 1. The minimum Gasteiger partial charge on any atom is -0.495 e. The molecular formula is C16H26N2O. The zero-order valence-electron chi connectivity index (χ0n) is 12.7. The van der Waals surface area contributed by atoms with Gasteiger partial charge in [-0.05, 0) is 50.9 Å². The van der Waals surface area contributed by atoms with Crippen LogP contribution in [-0.2, 0) is 0 Å². The average molecular weight is 262 g/mol. The van der Waals surface area contributed by atoms with Crippen LogP contribution in [0.3, 0.4) is 0 Å². The maximum Gasteiger partial charge on any atom is 0.141 e. The number of nitrogens with one attached hydrogen (secondary N) is 1. The molecule has 1 aliphatic heterocycles. The Kier molecular flexibility index (Phi) is 4.35. The van der Waals surface area contributed by atoms with Gasteiger partial charge < -0.3 is 15.0 Å². The molecule has 1 aromatic carbocycles. The van der Waals surface area contributed by atoms with Gasteiger partial charge in [0.2, 0.25) is 0 Å². The van der Waals surface area contributed by atoms with E-state index in [2.05, 4.69) is 50.2 Å². The van der Waals surface area contributed by atoms with Crippen LogP contribution in [0, 0.1) is 12.8 Å². The standard InChI is InChI=1S/C16H26N2O/c1-11-6-7-16(19-5)15(8-11)17-14-9-13(3)18(4)10-12(14)2/h6-8,12-14,17H,9-10H2,1-5H3. The number of likely N-dealkylation sites (tertiary alicyclic amines) is 1. The number of benzene rings is 1. The van der Waals surface area contributed by atoms with Gasteiger partial charge in [0, 0.05) is 18.6 Å². The van der Waals surface area contributed by atoms with Gasteiger partial charge in [0.25, 0.3) is 0 Å². The Morgan fingerprint density at radius 1 is 1.32 bits per heavy atom. The number of nitrogens with zero attached hydrogens (tertiary/aromatic N) is 1. The molecule has 1 aromatic rings. The molecule has 0 saturated carbocycles. The summed E-state index contributed by atoms with van der Waals surface area (Å²) in [4.78, 5) is 2.44. The van der Waals surface area contributed by atoms with Crippen LogP contribution < -0.4 is 10.1 Å². The Bertz CT molecular complexity index is 433. The van der Waals surface area contributed by atoms with Crippen molar-refractivity contribution in [2.24, 2.45) is 5.92 Å². The highest BCUT2D eigenvalue weighted by molar-refractivity contribution is 5.58. The molecule has 3 atom stereocenters. The van der Waals surface area contributed by atoms with E-state index >= 15 is 0 Å². The van der Waals surface area contributed by atoms with E-state index in [9.17, 15) is 0 Å². The van der Waals surface area contributed by atoms with E-state index in [1.54, 1.807) is 7.11 Å². The number of hydrogen-bond acceptors (Lipinski definition) is 3. The van der Waals surface area contributed by atoms with Gasteiger partial charge in [0.1, 0.15) is 5.75 Å². The quantitative estimate of drug-likeness (QED) is 0.905. The fourth-order valence-corrected chi connectivity index (χ4v) is 2.88. The van der Waals surface area contributed by atoms with Crippen molar-refractivity contribution in [3.8, 4) is 5.75 Å². The van der Waals surface area contributed by atoms with Gasteiger partial charge in [-0.2, -0.15) is 0 Å². The molecule has 1 N–H and O–H groups in total. The summed E-state index contributed by atoms with van der Waals surface area (Å²) in [5.41, 5.74) is 2.38. The highest BCUT2D eigenvalue weighted by atomic mass is 16.5. The molecule has 0 amide bonds. The van der Waals surface area contributed by atoms with E-state index in [0.717, 1.165) is 18.0 Å². The molecule has 0 spiro atoms.